The summed E-state index contributed by atoms with van der Waals surface area (Å²) in [5.41, 5.74) is 6.11. The quantitative estimate of drug-likeness (QED) is 0.556. The summed E-state index contributed by atoms with van der Waals surface area (Å²) in [6.45, 7) is 0.748. The molecule has 0 radical (unpaired) electrons. The van der Waals surface area contributed by atoms with Crippen molar-refractivity contribution in [1.29, 1.82) is 0 Å². The molecule has 1 amide bonds. The lowest BCUT2D eigenvalue weighted by Crippen LogP contribution is -2.50. The molecule has 3 N–H and O–H groups in total. The number of amides is 1. The van der Waals surface area contributed by atoms with Crippen LogP contribution in [0.3, 0.4) is 0 Å². The molecule has 0 saturated carbocycles. The molecule has 0 unspecified atom stereocenters. The van der Waals surface area contributed by atoms with Crippen LogP contribution in [0.4, 0.5) is 0 Å². The van der Waals surface area contributed by atoms with E-state index in [0.29, 0.717) is 5.92 Å². The van der Waals surface area contributed by atoms with Gasteiger partial charge in [-0.05, 0) is 49.5 Å². The molecule has 0 aliphatic carbocycles. The van der Waals surface area contributed by atoms with E-state index in [9.17, 15) is 9.82 Å². The SMILES string of the molecule is N[C@@H](CC1CCSCC1)C(=O)N1CCC[C@H]1B(O)I. The lowest BCUT2D eigenvalue weighted by atomic mass is 9.85. The first kappa shape index (κ1) is 15.9. The minimum atomic E-state index is -0.484. The number of halogens is 1. The lowest BCUT2D eigenvalue weighted by molar-refractivity contribution is -0.132. The van der Waals surface area contributed by atoms with Crippen LogP contribution in [0.15, 0.2) is 0 Å². The van der Waals surface area contributed by atoms with Gasteiger partial charge < -0.3 is 15.7 Å². The first-order valence-corrected chi connectivity index (χ1v) is 9.45. The van der Waals surface area contributed by atoms with Gasteiger partial charge in [-0.2, -0.15) is 11.8 Å². The maximum Gasteiger partial charge on any atom is 0.386 e. The molecule has 2 fully saturated rings. The van der Waals surface area contributed by atoms with E-state index < -0.39 is 4.77 Å². The number of carbonyl (C=O) groups is 1. The fourth-order valence-electron chi connectivity index (χ4n) is 3.01. The van der Waals surface area contributed by atoms with Gasteiger partial charge in [0.05, 0.1) is 6.04 Å². The molecule has 0 aromatic carbocycles. The Morgan fingerprint density at radius 3 is 2.79 bits per heavy atom. The summed E-state index contributed by atoms with van der Waals surface area (Å²) in [5, 5.41) is 9.72. The molecule has 0 spiro atoms. The van der Waals surface area contributed by atoms with Crippen LogP contribution in [0.2, 0.25) is 0 Å². The number of likely N-dealkylation sites (tertiary alicyclic amines) is 1. The van der Waals surface area contributed by atoms with Gasteiger partial charge in [-0.1, -0.05) is 0 Å². The predicted octanol–water partition coefficient (Wildman–Crippen LogP) is 1.29. The van der Waals surface area contributed by atoms with Crippen molar-refractivity contribution in [1.82, 2.24) is 4.90 Å². The molecule has 2 aliphatic heterocycles. The van der Waals surface area contributed by atoms with Crippen LogP contribution in [0, 0.1) is 5.92 Å². The van der Waals surface area contributed by atoms with Crippen LogP contribution < -0.4 is 5.73 Å². The first-order valence-electron chi connectivity index (χ1n) is 7.05. The highest BCUT2D eigenvalue weighted by Gasteiger charge is 2.37. The largest absolute Gasteiger partial charge is 0.441 e. The minimum Gasteiger partial charge on any atom is -0.441 e. The van der Waals surface area contributed by atoms with Crippen molar-refractivity contribution in [3.05, 3.63) is 0 Å². The van der Waals surface area contributed by atoms with Crippen LogP contribution in [0.1, 0.15) is 32.1 Å². The van der Waals surface area contributed by atoms with Gasteiger partial charge >= 0.3 is 4.77 Å². The van der Waals surface area contributed by atoms with Gasteiger partial charge in [0.15, 0.2) is 0 Å². The van der Waals surface area contributed by atoms with E-state index in [1.165, 1.54) is 24.3 Å². The second-order valence-corrected chi connectivity index (χ2v) is 8.01. The van der Waals surface area contributed by atoms with E-state index in [2.05, 4.69) is 0 Å². The Morgan fingerprint density at radius 1 is 1.47 bits per heavy atom. The third-order valence-corrected chi connectivity index (χ3v) is 6.02. The van der Waals surface area contributed by atoms with Gasteiger partial charge in [0, 0.05) is 12.5 Å². The van der Waals surface area contributed by atoms with E-state index in [1.54, 1.807) is 4.90 Å². The predicted molar refractivity (Wildman–Crippen MR) is 89.4 cm³/mol. The third kappa shape index (κ3) is 4.25. The molecule has 0 aromatic heterocycles. The Labute approximate surface area is 133 Å². The molecule has 0 aromatic rings. The van der Waals surface area contributed by atoms with Crippen LogP contribution >= 0.6 is 34.1 Å². The zero-order valence-electron chi connectivity index (χ0n) is 11.1. The van der Waals surface area contributed by atoms with Crippen molar-refractivity contribution >= 4 is 44.8 Å². The van der Waals surface area contributed by atoms with Crippen molar-refractivity contribution in [2.45, 2.75) is 44.1 Å². The van der Waals surface area contributed by atoms with Gasteiger partial charge in [0.1, 0.15) is 0 Å². The number of thioether (sulfide) groups is 1. The van der Waals surface area contributed by atoms with Crippen LogP contribution in [-0.4, -0.2) is 50.6 Å². The fourth-order valence-corrected chi connectivity index (χ4v) is 4.96. The van der Waals surface area contributed by atoms with Crippen molar-refractivity contribution in [3.63, 3.8) is 0 Å². The number of nitrogens with zero attached hydrogens (tertiary/aromatic N) is 1. The number of carbonyl (C=O) groups excluding carboxylic acids is 1. The lowest BCUT2D eigenvalue weighted by Gasteiger charge is -2.29. The topological polar surface area (TPSA) is 66.6 Å². The van der Waals surface area contributed by atoms with Gasteiger partial charge in [0.2, 0.25) is 5.91 Å². The average molecular weight is 396 g/mol. The van der Waals surface area contributed by atoms with Gasteiger partial charge in [-0.3, -0.25) is 4.79 Å². The number of nitrogens with two attached hydrogens (primary N) is 1. The molecule has 19 heavy (non-hydrogen) atoms. The van der Waals surface area contributed by atoms with E-state index in [0.717, 1.165) is 25.8 Å². The van der Waals surface area contributed by atoms with E-state index in [4.69, 9.17) is 5.73 Å². The van der Waals surface area contributed by atoms with Crippen LogP contribution in [0.5, 0.6) is 0 Å². The summed E-state index contributed by atoms with van der Waals surface area (Å²) in [6, 6.07) is -0.385. The normalized spacial score (nSPS) is 26.5. The van der Waals surface area contributed by atoms with Gasteiger partial charge in [-0.15, -0.1) is 22.4 Å². The number of hydrogen-bond donors (Lipinski definition) is 2. The highest BCUT2D eigenvalue weighted by molar-refractivity contribution is 14.1. The monoisotopic (exact) mass is 396 g/mol. The third-order valence-electron chi connectivity index (χ3n) is 4.15. The second-order valence-electron chi connectivity index (χ2n) is 5.51. The molecule has 2 rings (SSSR count). The zero-order chi connectivity index (χ0) is 13.8. The first-order chi connectivity index (χ1) is 9.09. The van der Waals surface area contributed by atoms with E-state index in [1.807, 2.05) is 34.1 Å². The van der Waals surface area contributed by atoms with Crippen molar-refractivity contribution in [2.75, 3.05) is 18.1 Å². The molecule has 2 heterocycles. The smallest absolute Gasteiger partial charge is 0.386 e. The Kier molecular flexibility index (Phi) is 6.30. The summed E-state index contributed by atoms with van der Waals surface area (Å²) in [6.07, 6.45) is 5.04. The molecule has 7 heteroatoms. The van der Waals surface area contributed by atoms with E-state index >= 15 is 0 Å². The number of hydrogen-bond acceptors (Lipinski definition) is 4. The molecule has 2 aliphatic rings. The summed E-state index contributed by atoms with van der Waals surface area (Å²) >= 11 is 3.98. The van der Waals surface area contributed by atoms with Crippen molar-refractivity contribution in [3.8, 4) is 0 Å². The second kappa shape index (κ2) is 7.52. The van der Waals surface area contributed by atoms with Gasteiger partial charge in [-0.25, -0.2) is 0 Å². The standard InChI is InChI=1S/C12H22BIN2O2S/c14-13(18)11-2-1-5-16(11)12(17)10(15)8-9-3-6-19-7-4-9/h9-11,18H,1-8,15H2/t10-,11-/m0/s1. The maximum atomic E-state index is 12.4. The van der Waals surface area contributed by atoms with Crippen LogP contribution in [-0.2, 0) is 4.79 Å². The average Bonchev–Trinajstić information content (AvgIpc) is 2.88. The Balaban J connectivity index is 1.87. The minimum absolute atomic E-state index is 0.0384. The van der Waals surface area contributed by atoms with Crippen molar-refractivity contribution < 1.29 is 9.82 Å². The fraction of sp³-hybridized carbons (Fsp3) is 0.917. The Bertz CT molecular complexity index is 316. The molecule has 2 atom stereocenters. The summed E-state index contributed by atoms with van der Waals surface area (Å²) in [4.78, 5) is 14.2. The van der Waals surface area contributed by atoms with Gasteiger partial charge in [0.25, 0.3) is 0 Å². The molecule has 108 valence electrons. The molecular formula is C12H22BIN2O2S. The Hall–Kier alpha value is 0.535. The molecule has 2 saturated heterocycles. The summed E-state index contributed by atoms with van der Waals surface area (Å²) in [5.74, 6) is 3.00. The number of rotatable bonds is 4. The van der Waals surface area contributed by atoms with Crippen LogP contribution in [0.25, 0.3) is 0 Å². The Morgan fingerprint density at radius 2 is 2.16 bits per heavy atom. The van der Waals surface area contributed by atoms with E-state index in [-0.39, 0.29) is 17.9 Å². The highest BCUT2D eigenvalue weighted by atomic mass is 127. The summed E-state index contributed by atoms with van der Waals surface area (Å²) < 4.78 is -0.484. The highest BCUT2D eigenvalue weighted by Crippen LogP contribution is 2.27. The van der Waals surface area contributed by atoms with Crippen molar-refractivity contribution in [2.24, 2.45) is 11.7 Å². The molecule has 4 nitrogen and oxygen atoms in total. The zero-order valence-corrected chi connectivity index (χ0v) is 14.1. The maximum absolute atomic E-state index is 12.4. The molecular weight excluding hydrogens is 374 g/mol. The molecule has 0 bridgehead atoms. The summed E-state index contributed by atoms with van der Waals surface area (Å²) in [7, 11) is 0.